The van der Waals surface area contributed by atoms with Crippen molar-refractivity contribution in [1.82, 2.24) is 0 Å². The summed E-state index contributed by atoms with van der Waals surface area (Å²) in [7, 11) is 1.58. The summed E-state index contributed by atoms with van der Waals surface area (Å²) in [4.78, 5) is 0. The topological polar surface area (TPSA) is 38.7 Å². The highest BCUT2D eigenvalue weighted by molar-refractivity contribution is 5.42. The second-order valence-corrected chi connectivity index (χ2v) is 3.39. The molecule has 0 heterocycles. The summed E-state index contributed by atoms with van der Waals surface area (Å²) in [5, 5.41) is 8.99. The van der Waals surface area contributed by atoms with Crippen LogP contribution in [0.3, 0.4) is 0 Å². The van der Waals surface area contributed by atoms with Crippen molar-refractivity contribution >= 4 is 0 Å². The van der Waals surface area contributed by atoms with Crippen molar-refractivity contribution in [3.8, 4) is 11.5 Å². The predicted molar refractivity (Wildman–Crippen MR) is 59.2 cm³/mol. The van der Waals surface area contributed by atoms with Crippen LogP contribution in [-0.4, -0.2) is 18.8 Å². The van der Waals surface area contributed by atoms with Gasteiger partial charge in [0.1, 0.15) is 6.61 Å². The fourth-order valence-electron chi connectivity index (χ4n) is 1.13. The van der Waals surface area contributed by atoms with Crippen LogP contribution in [0.5, 0.6) is 11.5 Å². The first-order valence-electron chi connectivity index (χ1n) is 4.72. The van der Waals surface area contributed by atoms with E-state index in [1.807, 2.05) is 6.92 Å². The standard InChI is InChI=1S/C12H16O3/c1-9(2)8-15-12-6-10(7-13)4-5-11(12)14-3/h4-6,13H,1,7-8H2,2-3H3. The molecule has 0 unspecified atom stereocenters. The number of ether oxygens (including phenoxy) is 2. The number of aliphatic hydroxyl groups excluding tert-OH is 1. The van der Waals surface area contributed by atoms with Gasteiger partial charge in [-0.2, -0.15) is 0 Å². The van der Waals surface area contributed by atoms with Gasteiger partial charge in [0.15, 0.2) is 11.5 Å². The Morgan fingerprint density at radius 3 is 2.67 bits per heavy atom. The van der Waals surface area contributed by atoms with E-state index in [2.05, 4.69) is 6.58 Å². The fraction of sp³-hybridized carbons (Fsp3) is 0.333. The number of methoxy groups -OCH3 is 1. The highest BCUT2D eigenvalue weighted by Gasteiger charge is 2.05. The minimum Gasteiger partial charge on any atom is -0.493 e. The molecule has 0 aromatic heterocycles. The molecule has 0 bridgehead atoms. The van der Waals surface area contributed by atoms with Gasteiger partial charge in [-0.3, -0.25) is 0 Å². The monoisotopic (exact) mass is 208 g/mol. The minimum atomic E-state index is -0.00652. The van der Waals surface area contributed by atoms with Gasteiger partial charge in [0, 0.05) is 0 Å². The van der Waals surface area contributed by atoms with Gasteiger partial charge in [0.05, 0.1) is 13.7 Å². The van der Waals surface area contributed by atoms with E-state index >= 15 is 0 Å². The van der Waals surface area contributed by atoms with Crippen LogP contribution >= 0.6 is 0 Å². The molecule has 0 radical (unpaired) electrons. The summed E-state index contributed by atoms with van der Waals surface area (Å²) in [5.74, 6) is 1.29. The molecule has 15 heavy (non-hydrogen) atoms. The SMILES string of the molecule is C=C(C)COc1cc(CO)ccc1OC. The zero-order valence-electron chi connectivity index (χ0n) is 9.12. The molecule has 3 heteroatoms. The van der Waals surface area contributed by atoms with Crippen LogP contribution in [0, 0.1) is 0 Å². The Hall–Kier alpha value is -1.48. The molecule has 1 rings (SSSR count). The molecular weight excluding hydrogens is 192 g/mol. The van der Waals surface area contributed by atoms with Crippen molar-refractivity contribution in [2.24, 2.45) is 0 Å². The van der Waals surface area contributed by atoms with Gasteiger partial charge >= 0.3 is 0 Å². The lowest BCUT2D eigenvalue weighted by Crippen LogP contribution is -2.00. The molecule has 1 N–H and O–H groups in total. The molecule has 0 aliphatic carbocycles. The Kier molecular flexibility index (Phi) is 4.18. The maximum atomic E-state index is 8.99. The van der Waals surface area contributed by atoms with Crippen LogP contribution in [0.4, 0.5) is 0 Å². The predicted octanol–water partition coefficient (Wildman–Crippen LogP) is 2.14. The van der Waals surface area contributed by atoms with Gasteiger partial charge in [-0.15, -0.1) is 0 Å². The molecule has 0 amide bonds. The van der Waals surface area contributed by atoms with Gasteiger partial charge < -0.3 is 14.6 Å². The number of benzene rings is 1. The molecule has 1 aromatic carbocycles. The van der Waals surface area contributed by atoms with E-state index in [9.17, 15) is 0 Å². The lowest BCUT2D eigenvalue weighted by atomic mass is 10.2. The largest absolute Gasteiger partial charge is 0.493 e. The lowest BCUT2D eigenvalue weighted by Gasteiger charge is -2.11. The van der Waals surface area contributed by atoms with Gasteiger partial charge in [-0.1, -0.05) is 12.6 Å². The fourth-order valence-corrected chi connectivity index (χ4v) is 1.13. The average molecular weight is 208 g/mol. The van der Waals surface area contributed by atoms with E-state index in [0.717, 1.165) is 11.1 Å². The van der Waals surface area contributed by atoms with E-state index in [4.69, 9.17) is 14.6 Å². The lowest BCUT2D eigenvalue weighted by molar-refractivity contribution is 0.278. The smallest absolute Gasteiger partial charge is 0.162 e. The molecule has 3 nitrogen and oxygen atoms in total. The number of rotatable bonds is 5. The second-order valence-electron chi connectivity index (χ2n) is 3.39. The second kappa shape index (κ2) is 5.41. The molecule has 0 saturated heterocycles. The summed E-state index contributed by atoms with van der Waals surface area (Å²) in [6, 6.07) is 5.34. The molecule has 1 aromatic rings. The molecule has 82 valence electrons. The zero-order valence-corrected chi connectivity index (χ0v) is 9.12. The highest BCUT2D eigenvalue weighted by Crippen LogP contribution is 2.28. The van der Waals surface area contributed by atoms with Gasteiger partial charge in [-0.05, 0) is 30.2 Å². The zero-order chi connectivity index (χ0) is 11.3. The minimum absolute atomic E-state index is 0.00652. The third-order valence-electron chi connectivity index (χ3n) is 1.88. The molecule has 0 saturated carbocycles. The molecular formula is C12H16O3. The Balaban J connectivity index is 2.85. The first kappa shape index (κ1) is 11.6. The first-order valence-corrected chi connectivity index (χ1v) is 4.72. The Morgan fingerprint density at radius 2 is 2.13 bits per heavy atom. The van der Waals surface area contributed by atoms with Crippen molar-refractivity contribution in [3.63, 3.8) is 0 Å². The first-order chi connectivity index (χ1) is 7.17. The molecule has 0 fully saturated rings. The Labute approximate surface area is 90.0 Å². The third-order valence-corrected chi connectivity index (χ3v) is 1.88. The van der Waals surface area contributed by atoms with E-state index in [0.29, 0.717) is 18.1 Å². The van der Waals surface area contributed by atoms with Crippen molar-refractivity contribution < 1.29 is 14.6 Å². The molecule has 0 atom stereocenters. The maximum Gasteiger partial charge on any atom is 0.162 e. The highest BCUT2D eigenvalue weighted by atomic mass is 16.5. The van der Waals surface area contributed by atoms with E-state index in [1.165, 1.54) is 0 Å². The quantitative estimate of drug-likeness (QED) is 0.753. The van der Waals surface area contributed by atoms with Crippen LogP contribution in [0.25, 0.3) is 0 Å². The summed E-state index contributed by atoms with van der Waals surface area (Å²) < 4.78 is 10.6. The van der Waals surface area contributed by atoms with E-state index < -0.39 is 0 Å². The normalized spacial score (nSPS) is 9.80. The summed E-state index contributed by atoms with van der Waals surface area (Å²) >= 11 is 0. The van der Waals surface area contributed by atoms with Crippen molar-refractivity contribution in [1.29, 1.82) is 0 Å². The van der Waals surface area contributed by atoms with E-state index in [1.54, 1.807) is 25.3 Å². The Morgan fingerprint density at radius 1 is 1.40 bits per heavy atom. The molecule has 0 spiro atoms. The summed E-state index contributed by atoms with van der Waals surface area (Å²) in [6.07, 6.45) is 0. The number of hydrogen-bond acceptors (Lipinski definition) is 3. The molecule has 0 aliphatic rings. The van der Waals surface area contributed by atoms with Crippen LogP contribution < -0.4 is 9.47 Å². The van der Waals surface area contributed by atoms with Gasteiger partial charge in [-0.25, -0.2) is 0 Å². The van der Waals surface area contributed by atoms with Gasteiger partial charge in [0.2, 0.25) is 0 Å². The Bertz CT molecular complexity index is 345. The molecule has 0 aliphatic heterocycles. The number of aliphatic hydroxyl groups is 1. The van der Waals surface area contributed by atoms with Crippen LogP contribution in [0.2, 0.25) is 0 Å². The third kappa shape index (κ3) is 3.29. The van der Waals surface area contributed by atoms with Crippen LogP contribution in [-0.2, 0) is 6.61 Å². The number of hydrogen-bond donors (Lipinski definition) is 1. The maximum absolute atomic E-state index is 8.99. The summed E-state index contributed by atoms with van der Waals surface area (Å²) in [5.41, 5.74) is 1.74. The van der Waals surface area contributed by atoms with E-state index in [-0.39, 0.29) is 6.61 Å². The van der Waals surface area contributed by atoms with Crippen molar-refractivity contribution in [2.45, 2.75) is 13.5 Å². The summed E-state index contributed by atoms with van der Waals surface area (Å²) in [6.45, 7) is 6.09. The average Bonchev–Trinajstić information content (AvgIpc) is 2.25. The van der Waals surface area contributed by atoms with Crippen molar-refractivity contribution in [2.75, 3.05) is 13.7 Å². The van der Waals surface area contributed by atoms with Crippen LogP contribution in [0.1, 0.15) is 12.5 Å². The van der Waals surface area contributed by atoms with Gasteiger partial charge in [0.25, 0.3) is 0 Å². The van der Waals surface area contributed by atoms with Crippen LogP contribution in [0.15, 0.2) is 30.4 Å². The van der Waals surface area contributed by atoms with Crippen molar-refractivity contribution in [3.05, 3.63) is 35.9 Å².